The lowest BCUT2D eigenvalue weighted by atomic mass is 10.0. The summed E-state index contributed by atoms with van der Waals surface area (Å²) in [5.41, 5.74) is 6.35. The van der Waals surface area contributed by atoms with Crippen molar-refractivity contribution < 1.29 is 29.0 Å². The number of nitrogens with one attached hydrogen (secondary N) is 1. The van der Waals surface area contributed by atoms with E-state index in [1.807, 2.05) is 53.6 Å². The Morgan fingerprint density at radius 2 is 2.07 bits per heavy atom. The number of amides is 2. The van der Waals surface area contributed by atoms with Crippen molar-refractivity contribution in [3.8, 4) is 0 Å². The molecule has 5 heterocycles. The number of carboxylic acid groups (broad SMARTS) is 1. The number of fused-ring (bicyclic) bond motifs is 1. The molecule has 0 aliphatic carbocycles. The average molecular weight is 634 g/mol. The molecule has 3 aromatic rings. The summed E-state index contributed by atoms with van der Waals surface area (Å²) in [6.07, 6.45) is 3.81. The second-order valence-corrected chi connectivity index (χ2v) is 12.9. The van der Waals surface area contributed by atoms with Gasteiger partial charge in [0.15, 0.2) is 16.7 Å². The van der Waals surface area contributed by atoms with Crippen LogP contribution in [0.3, 0.4) is 0 Å². The summed E-state index contributed by atoms with van der Waals surface area (Å²) in [4.78, 5) is 53.8. The Bertz CT molecular complexity index is 1550. The van der Waals surface area contributed by atoms with Crippen molar-refractivity contribution in [1.82, 2.24) is 20.2 Å². The lowest BCUT2D eigenvalue weighted by Crippen LogP contribution is -2.71. The van der Waals surface area contributed by atoms with E-state index >= 15 is 0 Å². The third kappa shape index (κ3) is 5.88. The number of hydrogen-bond acceptors (Lipinski definition) is 13. The maximum Gasteiger partial charge on any atom is 0.352 e. The molecule has 1 saturated heterocycles. The number of rotatable bonds is 10. The van der Waals surface area contributed by atoms with Crippen LogP contribution < -0.4 is 20.7 Å². The van der Waals surface area contributed by atoms with E-state index in [9.17, 15) is 19.5 Å². The quantitative estimate of drug-likeness (QED) is 0.0975. The SMILES string of the molecule is CO/N=C(\C(=O)N[C@@H]1C(=O)N2C(C(=O)O)=C(CSc3cc[n+](N(C)c4csc(C)n4)cc3)CS[C@H]12)c1csc(N)n1. The minimum atomic E-state index is -1.19. The topological polar surface area (TPSA) is 167 Å². The Hall–Kier alpha value is -3.67. The highest BCUT2D eigenvalue weighted by Crippen LogP contribution is 2.41. The first-order valence-corrected chi connectivity index (χ1v) is 15.8. The molecular weight excluding hydrogens is 609 g/mol. The van der Waals surface area contributed by atoms with Crippen LogP contribution in [0.15, 0.2) is 56.6 Å². The number of hydrogen-bond donors (Lipinski definition) is 3. The lowest BCUT2D eigenvalue weighted by molar-refractivity contribution is -0.682. The van der Waals surface area contributed by atoms with E-state index < -0.39 is 29.2 Å². The number of anilines is 2. The van der Waals surface area contributed by atoms with Crippen LogP contribution in [0.2, 0.25) is 0 Å². The molecule has 4 N–H and O–H groups in total. The molecule has 0 aromatic carbocycles. The number of β-lactam (4-membered cyclic amide) rings is 1. The highest BCUT2D eigenvalue weighted by molar-refractivity contribution is 8.01. The van der Waals surface area contributed by atoms with E-state index in [-0.39, 0.29) is 22.2 Å². The van der Waals surface area contributed by atoms with Gasteiger partial charge in [0.05, 0.1) is 12.1 Å². The second kappa shape index (κ2) is 12.1. The van der Waals surface area contributed by atoms with Gasteiger partial charge >= 0.3 is 5.97 Å². The van der Waals surface area contributed by atoms with Crippen molar-refractivity contribution in [3.05, 3.63) is 57.3 Å². The number of carboxylic acids is 1. The van der Waals surface area contributed by atoms with Gasteiger partial charge in [0.2, 0.25) is 12.4 Å². The maximum atomic E-state index is 13.1. The molecule has 0 bridgehead atoms. The van der Waals surface area contributed by atoms with Crippen LogP contribution in [0.25, 0.3) is 0 Å². The summed E-state index contributed by atoms with van der Waals surface area (Å²) in [5, 5.41) is 22.5. The Labute approximate surface area is 251 Å². The molecule has 41 heavy (non-hydrogen) atoms. The molecule has 2 atom stereocenters. The van der Waals surface area contributed by atoms with Crippen LogP contribution in [0.1, 0.15) is 10.7 Å². The number of aryl methyl sites for hydroxylation is 1. The largest absolute Gasteiger partial charge is 0.477 e. The van der Waals surface area contributed by atoms with Crippen molar-refractivity contribution in [2.45, 2.75) is 23.2 Å². The highest BCUT2D eigenvalue weighted by Gasteiger charge is 2.54. The summed E-state index contributed by atoms with van der Waals surface area (Å²) in [7, 11) is 3.20. The molecule has 0 spiro atoms. The van der Waals surface area contributed by atoms with E-state index in [1.165, 1.54) is 35.5 Å². The molecule has 3 aromatic heterocycles. The summed E-state index contributed by atoms with van der Waals surface area (Å²) in [6.45, 7) is 1.96. The van der Waals surface area contributed by atoms with Crippen LogP contribution in [0.4, 0.5) is 10.9 Å². The maximum absolute atomic E-state index is 13.1. The van der Waals surface area contributed by atoms with Crippen LogP contribution in [0.5, 0.6) is 0 Å². The van der Waals surface area contributed by atoms with Crippen molar-refractivity contribution >= 4 is 80.6 Å². The monoisotopic (exact) mass is 633 g/mol. The van der Waals surface area contributed by atoms with Crippen LogP contribution >= 0.6 is 46.2 Å². The fourth-order valence-electron chi connectivity index (χ4n) is 4.19. The molecule has 2 amide bonds. The molecule has 214 valence electrons. The minimum absolute atomic E-state index is 0.0422. The van der Waals surface area contributed by atoms with Gasteiger partial charge in [-0.15, -0.1) is 51.2 Å². The van der Waals surface area contributed by atoms with Crippen molar-refractivity contribution in [1.29, 1.82) is 0 Å². The van der Waals surface area contributed by atoms with Crippen LogP contribution in [-0.2, 0) is 19.2 Å². The molecule has 13 nitrogen and oxygen atoms in total. The second-order valence-electron chi connectivity index (χ2n) is 8.76. The Kier molecular flexibility index (Phi) is 8.48. The Morgan fingerprint density at radius 3 is 2.68 bits per heavy atom. The van der Waals surface area contributed by atoms with Crippen LogP contribution in [0, 0.1) is 6.92 Å². The van der Waals surface area contributed by atoms with Gasteiger partial charge in [-0.1, -0.05) is 9.83 Å². The number of nitrogens with two attached hydrogens (primary N) is 1. The molecule has 0 saturated carbocycles. The van der Waals surface area contributed by atoms with E-state index in [1.54, 1.807) is 16.7 Å². The Morgan fingerprint density at radius 1 is 1.32 bits per heavy atom. The molecule has 17 heteroatoms. The number of pyridine rings is 1. The van der Waals surface area contributed by atoms with Gasteiger partial charge in [-0.25, -0.2) is 14.8 Å². The summed E-state index contributed by atoms with van der Waals surface area (Å²) < 4.78 is 1.90. The average Bonchev–Trinajstić information content (AvgIpc) is 3.60. The number of thiazole rings is 2. The predicted octanol–water partition coefficient (Wildman–Crippen LogP) is 1.56. The van der Waals surface area contributed by atoms with Gasteiger partial charge < -0.3 is 21.0 Å². The van der Waals surface area contributed by atoms with Gasteiger partial charge in [-0.2, -0.15) is 0 Å². The predicted molar refractivity (Wildman–Crippen MR) is 158 cm³/mol. The zero-order chi connectivity index (χ0) is 29.3. The third-order valence-corrected chi connectivity index (χ3v) is 10.1. The normalized spacial score (nSPS) is 18.6. The van der Waals surface area contributed by atoms with E-state index in [0.29, 0.717) is 17.1 Å². The standard InChI is InChI=1S/C24H24N8O5S4/c1-12-26-16(11-38-12)30(2)31-6-4-14(5-7-31)39-8-13-9-40-22-18(21(34)32(22)19(13)23(35)36)28-20(33)17(29-37-3)15-10-41-24(25)27-15/h4-7,10-11,18,22H,8-9H2,1-3H3,(H3-,25,27,28,33,35,36)/p+1/b29-17-/t18-,22-/m1/s1. The van der Waals surface area contributed by atoms with Gasteiger partial charge in [-0.3, -0.25) is 14.5 Å². The van der Waals surface area contributed by atoms with Crippen molar-refractivity contribution in [3.63, 3.8) is 0 Å². The van der Waals surface area contributed by atoms with Gasteiger partial charge in [0.25, 0.3) is 11.8 Å². The number of aliphatic carboxylic acids is 1. The number of carbonyl (C=O) groups is 3. The molecule has 2 aliphatic rings. The first kappa shape index (κ1) is 28.8. The van der Waals surface area contributed by atoms with E-state index in [2.05, 4.69) is 20.4 Å². The van der Waals surface area contributed by atoms with Gasteiger partial charge in [0, 0.05) is 39.3 Å². The number of aromatic nitrogens is 3. The number of carbonyl (C=O) groups excluding carboxylic acids is 2. The zero-order valence-electron chi connectivity index (χ0n) is 22.0. The third-order valence-electron chi connectivity index (χ3n) is 6.18. The summed E-state index contributed by atoms with van der Waals surface area (Å²) in [6, 6.07) is 2.96. The molecule has 0 unspecified atom stereocenters. The first-order chi connectivity index (χ1) is 19.7. The number of oxime groups is 1. The van der Waals surface area contributed by atoms with E-state index in [4.69, 9.17) is 10.6 Å². The highest BCUT2D eigenvalue weighted by atomic mass is 32.2. The summed E-state index contributed by atoms with van der Waals surface area (Å²) >= 11 is 5.59. The number of thioether (sulfide) groups is 2. The lowest BCUT2D eigenvalue weighted by Gasteiger charge is -2.49. The van der Waals surface area contributed by atoms with Crippen LogP contribution in [-0.4, -0.2) is 80.5 Å². The van der Waals surface area contributed by atoms with E-state index in [0.717, 1.165) is 27.1 Å². The number of nitrogen functional groups attached to an aromatic ring is 1. The summed E-state index contributed by atoms with van der Waals surface area (Å²) in [5.74, 6) is -0.735. The molecule has 5 rings (SSSR count). The van der Waals surface area contributed by atoms with Gasteiger partial charge in [0.1, 0.15) is 29.9 Å². The van der Waals surface area contributed by atoms with Crippen molar-refractivity contribution in [2.75, 3.05) is 36.4 Å². The fraction of sp³-hybridized carbons (Fsp3) is 0.292. The van der Waals surface area contributed by atoms with Gasteiger partial charge in [-0.05, 0) is 12.5 Å². The van der Waals surface area contributed by atoms with Crippen molar-refractivity contribution in [2.24, 2.45) is 5.16 Å². The number of nitrogens with zero attached hydrogens (tertiary/aromatic N) is 6. The smallest absolute Gasteiger partial charge is 0.352 e. The zero-order valence-corrected chi connectivity index (χ0v) is 25.3. The fourth-order valence-corrected chi connectivity index (χ4v) is 7.73. The molecule has 1 fully saturated rings. The minimum Gasteiger partial charge on any atom is -0.477 e. The molecular formula is C24H25N8O5S4+. The molecule has 0 radical (unpaired) electrons. The Balaban J connectivity index is 1.25. The first-order valence-electron chi connectivity index (χ1n) is 12.0. The molecule has 2 aliphatic heterocycles.